The highest BCUT2D eigenvalue weighted by atomic mass is 35.5. The number of halogens is 3. The van der Waals surface area contributed by atoms with Crippen molar-refractivity contribution >= 4 is 60.2 Å². The minimum atomic E-state index is -0.0422. The number of carbonyl (C=O) groups is 1. The molecule has 1 unspecified atom stereocenters. The highest BCUT2D eigenvalue weighted by molar-refractivity contribution is 5.94. The first kappa shape index (κ1) is 38.7. The minimum Gasteiger partial charge on any atom is -0.412 e. The van der Waals surface area contributed by atoms with Crippen LogP contribution >= 0.6 is 37.2 Å². The molecule has 0 bridgehead atoms. The third-order valence-electron chi connectivity index (χ3n) is 7.82. The van der Waals surface area contributed by atoms with Crippen LogP contribution in [0.1, 0.15) is 35.2 Å². The number of hydrogen-bond acceptors (Lipinski definition) is 5. The first-order chi connectivity index (χ1) is 19.7. The van der Waals surface area contributed by atoms with Crippen LogP contribution in [0.5, 0.6) is 0 Å². The van der Waals surface area contributed by atoms with Gasteiger partial charge in [0.15, 0.2) is 0 Å². The summed E-state index contributed by atoms with van der Waals surface area (Å²) in [6.45, 7) is 3.58. The van der Waals surface area contributed by atoms with Crippen molar-refractivity contribution in [3.8, 4) is 0 Å². The Kier molecular flexibility index (Phi) is 16.9. The highest BCUT2D eigenvalue weighted by Gasteiger charge is 2.32. The molecule has 0 spiro atoms. The van der Waals surface area contributed by atoms with Crippen molar-refractivity contribution in [3.05, 3.63) is 126 Å². The number of para-hydroxylation sites is 3. The molecule has 4 aromatic carbocycles. The molecule has 1 aliphatic heterocycles. The van der Waals surface area contributed by atoms with Gasteiger partial charge in [-0.15, -0.1) is 37.2 Å². The zero-order valence-electron chi connectivity index (χ0n) is 25.1. The number of piperazine rings is 1. The van der Waals surface area contributed by atoms with Gasteiger partial charge in [-0.25, -0.2) is 0 Å². The van der Waals surface area contributed by atoms with Crippen LogP contribution in [0, 0.1) is 0 Å². The SMILES string of the molecule is CNc1ccccc1NC(=O)CC(c1ccccc1NC)N1CCN(C(c2ccccc2)c2ccccc2)CC1.Cl.Cl.Cl.O. The number of hydrogen-bond donors (Lipinski definition) is 3. The number of anilines is 3. The predicted molar refractivity (Wildman–Crippen MR) is 191 cm³/mol. The zero-order chi connectivity index (χ0) is 27.7. The Morgan fingerprint density at radius 2 is 1.05 bits per heavy atom. The summed E-state index contributed by atoms with van der Waals surface area (Å²) in [6.07, 6.45) is 0.373. The third-order valence-corrected chi connectivity index (χ3v) is 7.82. The van der Waals surface area contributed by atoms with Crippen molar-refractivity contribution in [1.29, 1.82) is 0 Å². The first-order valence-corrected chi connectivity index (χ1v) is 14.1. The van der Waals surface area contributed by atoms with Gasteiger partial charge in [0.1, 0.15) is 0 Å². The Bertz CT molecular complexity index is 1350. The summed E-state index contributed by atoms with van der Waals surface area (Å²) in [5.74, 6) is 0.00693. The summed E-state index contributed by atoms with van der Waals surface area (Å²) in [6, 6.07) is 37.9. The zero-order valence-corrected chi connectivity index (χ0v) is 27.6. The van der Waals surface area contributed by atoms with E-state index in [0.717, 1.165) is 48.8 Å². The number of rotatable bonds is 10. The van der Waals surface area contributed by atoms with Crippen LogP contribution in [0.15, 0.2) is 109 Å². The van der Waals surface area contributed by atoms with E-state index in [9.17, 15) is 4.79 Å². The second-order valence-electron chi connectivity index (χ2n) is 10.2. The molecular formula is C34H44Cl3N5O2. The summed E-state index contributed by atoms with van der Waals surface area (Å²) in [5.41, 5.74) is 6.53. The van der Waals surface area contributed by atoms with Crippen LogP contribution in [-0.4, -0.2) is 61.5 Å². The van der Waals surface area contributed by atoms with Crippen LogP contribution in [0.4, 0.5) is 17.1 Å². The Morgan fingerprint density at radius 3 is 1.57 bits per heavy atom. The molecule has 10 heteroatoms. The molecule has 44 heavy (non-hydrogen) atoms. The summed E-state index contributed by atoms with van der Waals surface area (Å²) in [5, 5.41) is 9.67. The maximum atomic E-state index is 13.5. The average molecular weight is 661 g/mol. The van der Waals surface area contributed by atoms with Gasteiger partial charge in [0.05, 0.1) is 17.4 Å². The topological polar surface area (TPSA) is 91.1 Å². The second-order valence-corrected chi connectivity index (χ2v) is 10.2. The molecule has 0 aromatic heterocycles. The van der Waals surface area contributed by atoms with Crippen LogP contribution in [-0.2, 0) is 4.79 Å². The maximum absolute atomic E-state index is 13.5. The molecule has 1 saturated heterocycles. The Balaban J connectivity index is 0.00000242. The number of benzene rings is 4. The molecule has 5 rings (SSSR count). The van der Waals surface area contributed by atoms with Gasteiger partial charge in [0, 0.05) is 58.4 Å². The van der Waals surface area contributed by atoms with Crippen LogP contribution in [0.3, 0.4) is 0 Å². The summed E-state index contributed by atoms with van der Waals surface area (Å²) >= 11 is 0. The normalized spacial score (nSPS) is 13.6. The molecule has 0 radical (unpaired) electrons. The fourth-order valence-corrected chi connectivity index (χ4v) is 5.83. The standard InChI is InChI=1S/C34H39N5O.3ClH.H2O/c1-35-29-18-10-9-17-28(29)32(25-33(40)37-31-20-12-11-19-30(31)36-2)38-21-23-39(24-22-38)34(26-13-5-3-6-14-26)27-15-7-4-8-16-27;;;;/h3-20,32,34-36H,21-25H2,1-2H3,(H,37,40);3*1H;1H2. The van der Waals surface area contributed by atoms with Gasteiger partial charge in [0.25, 0.3) is 0 Å². The van der Waals surface area contributed by atoms with Gasteiger partial charge in [-0.2, -0.15) is 0 Å². The molecule has 7 nitrogen and oxygen atoms in total. The smallest absolute Gasteiger partial charge is 0.226 e. The van der Waals surface area contributed by atoms with E-state index >= 15 is 0 Å². The molecule has 0 saturated carbocycles. The van der Waals surface area contributed by atoms with Crippen molar-refractivity contribution in [3.63, 3.8) is 0 Å². The average Bonchev–Trinajstić information content (AvgIpc) is 3.02. The molecule has 0 aliphatic carbocycles. The molecular weight excluding hydrogens is 617 g/mol. The Labute approximate surface area is 280 Å². The van der Waals surface area contributed by atoms with Crippen molar-refractivity contribution in [1.82, 2.24) is 9.80 Å². The quantitative estimate of drug-likeness (QED) is 0.176. The molecule has 1 amide bonds. The van der Waals surface area contributed by atoms with Gasteiger partial charge in [-0.05, 0) is 34.9 Å². The highest BCUT2D eigenvalue weighted by Crippen LogP contribution is 2.35. The van der Waals surface area contributed by atoms with Crippen LogP contribution in [0.25, 0.3) is 0 Å². The van der Waals surface area contributed by atoms with Crippen molar-refractivity contribution in [2.24, 2.45) is 0 Å². The maximum Gasteiger partial charge on any atom is 0.226 e. The van der Waals surface area contributed by atoms with E-state index in [1.165, 1.54) is 11.1 Å². The lowest BCUT2D eigenvalue weighted by atomic mass is 9.95. The van der Waals surface area contributed by atoms with Crippen molar-refractivity contribution < 1.29 is 10.3 Å². The molecule has 4 aromatic rings. The lowest BCUT2D eigenvalue weighted by molar-refractivity contribution is -0.117. The molecule has 1 heterocycles. The van der Waals surface area contributed by atoms with E-state index in [1.54, 1.807) is 0 Å². The van der Waals surface area contributed by atoms with Gasteiger partial charge >= 0.3 is 0 Å². The van der Waals surface area contributed by atoms with Gasteiger partial charge in [-0.3, -0.25) is 14.6 Å². The van der Waals surface area contributed by atoms with Crippen molar-refractivity contribution in [2.45, 2.75) is 18.5 Å². The second kappa shape index (κ2) is 19.2. The third kappa shape index (κ3) is 9.35. The Morgan fingerprint density at radius 1 is 0.614 bits per heavy atom. The molecule has 1 atom stereocenters. The molecule has 1 fully saturated rings. The van der Waals surface area contributed by atoms with Gasteiger partial charge in [-0.1, -0.05) is 91.0 Å². The van der Waals surface area contributed by atoms with E-state index < -0.39 is 0 Å². The number of amides is 1. The molecule has 238 valence electrons. The fraction of sp³-hybridized carbons (Fsp3) is 0.265. The Hall–Kier alpha value is -3.30. The van der Waals surface area contributed by atoms with Crippen LogP contribution < -0.4 is 16.0 Å². The fourth-order valence-electron chi connectivity index (χ4n) is 5.83. The van der Waals surface area contributed by atoms with Gasteiger partial charge < -0.3 is 21.4 Å². The lowest BCUT2D eigenvalue weighted by Crippen LogP contribution is -2.49. The number of nitrogens with one attached hydrogen (secondary N) is 3. The number of nitrogens with zero attached hydrogens (tertiary/aromatic N) is 2. The monoisotopic (exact) mass is 659 g/mol. The summed E-state index contributed by atoms with van der Waals surface area (Å²) in [7, 11) is 3.82. The van der Waals surface area contributed by atoms with Crippen LogP contribution in [0.2, 0.25) is 0 Å². The van der Waals surface area contributed by atoms with E-state index in [2.05, 4.69) is 105 Å². The largest absolute Gasteiger partial charge is 0.412 e. The lowest BCUT2D eigenvalue weighted by Gasteiger charge is -2.43. The summed E-state index contributed by atoms with van der Waals surface area (Å²) in [4.78, 5) is 18.5. The number of carbonyl (C=O) groups excluding carboxylic acids is 1. The summed E-state index contributed by atoms with van der Waals surface area (Å²) < 4.78 is 0. The minimum absolute atomic E-state index is 0. The van der Waals surface area contributed by atoms with E-state index in [-0.39, 0.29) is 60.7 Å². The van der Waals surface area contributed by atoms with Gasteiger partial charge in [0.2, 0.25) is 5.91 Å². The molecule has 1 aliphatic rings. The predicted octanol–water partition coefficient (Wildman–Crippen LogP) is 6.69. The van der Waals surface area contributed by atoms with E-state index in [4.69, 9.17) is 0 Å². The van der Waals surface area contributed by atoms with E-state index in [0.29, 0.717) is 6.42 Å². The first-order valence-electron chi connectivity index (χ1n) is 14.1. The van der Waals surface area contributed by atoms with E-state index in [1.807, 2.05) is 44.4 Å². The van der Waals surface area contributed by atoms with Crippen molar-refractivity contribution in [2.75, 3.05) is 56.2 Å². The molecule has 5 N–H and O–H groups in total.